The third kappa shape index (κ3) is 1.21. The van der Waals surface area contributed by atoms with E-state index in [1.807, 2.05) is 0 Å². The third-order valence-electron chi connectivity index (χ3n) is 2.57. The van der Waals surface area contributed by atoms with E-state index in [4.69, 9.17) is 9.52 Å². The molecule has 1 aromatic heterocycles. The Labute approximate surface area is 79.6 Å². The molecule has 0 spiro atoms. The van der Waals surface area contributed by atoms with E-state index in [2.05, 4.69) is 0 Å². The summed E-state index contributed by atoms with van der Waals surface area (Å²) in [6.45, 7) is 0. The number of carboxylic acid groups (broad SMARTS) is 1. The van der Waals surface area contributed by atoms with Gasteiger partial charge in [-0.05, 0) is 0 Å². The predicted octanol–water partition coefficient (Wildman–Crippen LogP) is 0.246. The molecule has 76 valence electrons. The molecule has 0 bridgehead atoms. The highest BCUT2D eigenvalue weighted by Gasteiger charge is 2.41. The van der Waals surface area contributed by atoms with Crippen molar-refractivity contribution in [1.29, 1.82) is 0 Å². The van der Waals surface area contributed by atoms with E-state index in [9.17, 15) is 15.0 Å². The van der Waals surface area contributed by atoms with Crippen molar-refractivity contribution < 1.29 is 24.5 Å². The van der Waals surface area contributed by atoms with Crippen LogP contribution in [0.5, 0.6) is 0 Å². The first kappa shape index (κ1) is 9.23. The lowest BCUT2D eigenvalue weighted by atomic mass is 9.98. The number of furan rings is 1. The number of hydrogen-bond donors (Lipinski definition) is 3. The average Bonchev–Trinajstić information content (AvgIpc) is 2.65. The molecule has 5 nitrogen and oxygen atoms in total. The fourth-order valence-electron chi connectivity index (χ4n) is 1.87. The summed E-state index contributed by atoms with van der Waals surface area (Å²) < 4.78 is 4.85. The Bertz CT molecular complexity index is 356. The Morgan fingerprint density at radius 1 is 1.36 bits per heavy atom. The number of fused-ring (bicyclic) bond motifs is 1. The van der Waals surface area contributed by atoms with Crippen molar-refractivity contribution in [3.63, 3.8) is 0 Å². The quantitative estimate of drug-likeness (QED) is 0.633. The van der Waals surface area contributed by atoms with E-state index in [1.165, 1.54) is 12.5 Å². The summed E-state index contributed by atoms with van der Waals surface area (Å²) in [4.78, 5) is 10.5. The zero-order valence-corrected chi connectivity index (χ0v) is 7.25. The van der Waals surface area contributed by atoms with Gasteiger partial charge in [-0.1, -0.05) is 0 Å². The number of aliphatic carboxylic acids is 1. The predicted molar refractivity (Wildman–Crippen MR) is 44.7 cm³/mol. The van der Waals surface area contributed by atoms with Gasteiger partial charge in [0.25, 0.3) is 0 Å². The Balaban J connectivity index is 2.31. The number of hydrogen-bond acceptors (Lipinski definition) is 4. The van der Waals surface area contributed by atoms with Crippen LogP contribution < -0.4 is 0 Å². The fourth-order valence-corrected chi connectivity index (χ4v) is 1.87. The number of rotatable bonds is 2. The number of aliphatic hydroxyl groups is 2. The van der Waals surface area contributed by atoms with Gasteiger partial charge in [-0.3, -0.25) is 4.79 Å². The topological polar surface area (TPSA) is 90.9 Å². The van der Waals surface area contributed by atoms with Crippen LogP contribution in [0.3, 0.4) is 0 Å². The second kappa shape index (κ2) is 3.11. The summed E-state index contributed by atoms with van der Waals surface area (Å²) in [7, 11) is 0. The van der Waals surface area contributed by atoms with Crippen LogP contribution in [-0.4, -0.2) is 27.4 Å². The average molecular weight is 198 g/mol. The number of aliphatic hydroxyl groups excluding tert-OH is 2. The Morgan fingerprint density at radius 2 is 2.00 bits per heavy atom. The Kier molecular flexibility index (Phi) is 2.05. The van der Waals surface area contributed by atoms with Crippen molar-refractivity contribution in [2.75, 3.05) is 0 Å². The van der Waals surface area contributed by atoms with Gasteiger partial charge in [0.1, 0.15) is 6.10 Å². The van der Waals surface area contributed by atoms with Crippen LogP contribution >= 0.6 is 0 Å². The molecule has 0 fully saturated rings. The molecule has 1 aliphatic rings. The highest BCUT2D eigenvalue weighted by atomic mass is 16.4. The largest absolute Gasteiger partial charge is 0.481 e. The first-order chi connectivity index (χ1) is 6.61. The summed E-state index contributed by atoms with van der Waals surface area (Å²) in [5.41, 5.74) is 1.08. The summed E-state index contributed by atoms with van der Waals surface area (Å²) in [5.74, 6) is -1.58. The zero-order valence-electron chi connectivity index (χ0n) is 7.25. The number of carbonyl (C=O) groups is 1. The van der Waals surface area contributed by atoms with Crippen LogP contribution in [0.1, 0.15) is 29.6 Å². The number of carboxylic acids is 1. The zero-order chi connectivity index (χ0) is 10.3. The van der Waals surface area contributed by atoms with E-state index in [1.54, 1.807) is 0 Å². The van der Waals surface area contributed by atoms with Gasteiger partial charge in [-0.15, -0.1) is 0 Å². The molecular formula is C9H10O5. The molecule has 0 aliphatic heterocycles. The molecule has 0 saturated carbocycles. The molecule has 3 unspecified atom stereocenters. The van der Waals surface area contributed by atoms with Gasteiger partial charge >= 0.3 is 5.97 Å². The molecule has 0 amide bonds. The molecule has 1 aliphatic carbocycles. The first-order valence-electron chi connectivity index (χ1n) is 4.25. The van der Waals surface area contributed by atoms with Crippen molar-refractivity contribution in [2.24, 2.45) is 0 Å². The molecule has 1 heterocycles. The highest BCUT2D eigenvalue weighted by Crippen LogP contribution is 2.42. The molecule has 5 heteroatoms. The van der Waals surface area contributed by atoms with Crippen LogP contribution in [0.4, 0.5) is 0 Å². The summed E-state index contributed by atoms with van der Waals surface area (Å²) in [6, 6.07) is 0. The van der Waals surface area contributed by atoms with E-state index >= 15 is 0 Å². The molecule has 1 aromatic rings. The van der Waals surface area contributed by atoms with Crippen LogP contribution in [-0.2, 0) is 4.79 Å². The Morgan fingerprint density at radius 3 is 2.64 bits per heavy atom. The third-order valence-corrected chi connectivity index (χ3v) is 2.57. The molecule has 0 aromatic carbocycles. The van der Waals surface area contributed by atoms with Gasteiger partial charge in [0.2, 0.25) is 0 Å². The molecule has 2 rings (SSSR count). The van der Waals surface area contributed by atoms with Gasteiger partial charge in [0, 0.05) is 17.0 Å². The van der Waals surface area contributed by atoms with Gasteiger partial charge in [0.05, 0.1) is 25.1 Å². The van der Waals surface area contributed by atoms with E-state index in [-0.39, 0.29) is 6.42 Å². The summed E-state index contributed by atoms with van der Waals surface area (Å²) in [5, 5.41) is 27.7. The van der Waals surface area contributed by atoms with E-state index in [0.717, 1.165) is 0 Å². The van der Waals surface area contributed by atoms with E-state index in [0.29, 0.717) is 11.1 Å². The molecule has 0 radical (unpaired) electrons. The van der Waals surface area contributed by atoms with Crippen LogP contribution in [0.25, 0.3) is 0 Å². The standard InChI is InChI=1S/C9H10O5/c10-7(11)1-4-5-2-14-3-6(5)9(13)8(4)12/h2-4,8-9,12-13H,1H2,(H,10,11). The second-order valence-corrected chi connectivity index (χ2v) is 3.42. The van der Waals surface area contributed by atoms with Crippen molar-refractivity contribution in [2.45, 2.75) is 24.5 Å². The van der Waals surface area contributed by atoms with E-state index < -0.39 is 24.1 Å². The maximum atomic E-state index is 10.5. The minimum atomic E-state index is -1.05. The molecule has 3 atom stereocenters. The van der Waals surface area contributed by atoms with Crippen molar-refractivity contribution in [3.8, 4) is 0 Å². The highest BCUT2D eigenvalue weighted by molar-refractivity contribution is 5.68. The van der Waals surface area contributed by atoms with Crippen LogP contribution in [0, 0.1) is 0 Å². The maximum Gasteiger partial charge on any atom is 0.304 e. The lowest BCUT2D eigenvalue weighted by Crippen LogP contribution is -2.20. The van der Waals surface area contributed by atoms with Crippen molar-refractivity contribution in [3.05, 3.63) is 23.7 Å². The van der Waals surface area contributed by atoms with Crippen LogP contribution in [0.15, 0.2) is 16.9 Å². The second-order valence-electron chi connectivity index (χ2n) is 3.42. The minimum absolute atomic E-state index is 0.204. The van der Waals surface area contributed by atoms with Gasteiger partial charge in [0.15, 0.2) is 0 Å². The summed E-state index contributed by atoms with van der Waals surface area (Å²) in [6.07, 6.45) is 0.429. The SMILES string of the molecule is O=C(O)CC1c2cocc2C(O)C1O. The van der Waals surface area contributed by atoms with Crippen molar-refractivity contribution >= 4 is 5.97 Å². The van der Waals surface area contributed by atoms with Gasteiger partial charge < -0.3 is 19.7 Å². The lowest BCUT2D eigenvalue weighted by Gasteiger charge is -2.14. The molecule has 0 saturated heterocycles. The van der Waals surface area contributed by atoms with Crippen LogP contribution in [0.2, 0.25) is 0 Å². The maximum absolute atomic E-state index is 10.5. The molecular weight excluding hydrogens is 188 g/mol. The smallest absolute Gasteiger partial charge is 0.304 e. The Hall–Kier alpha value is -1.33. The monoisotopic (exact) mass is 198 g/mol. The molecule has 3 N–H and O–H groups in total. The normalized spacial score (nSPS) is 30.3. The lowest BCUT2D eigenvalue weighted by molar-refractivity contribution is -0.138. The molecule has 14 heavy (non-hydrogen) atoms. The van der Waals surface area contributed by atoms with Gasteiger partial charge in [-0.25, -0.2) is 0 Å². The fraction of sp³-hybridized carbons (Fsp3) is 0.444. The van der Waals surface area contributed by atoms with Gasteiger partial charge in [-0.2, -0.15) is 0 Å². The summed E-state index contributed by atoms with van der Waals surface area (Å²) >= 11 is 0. The van der Waals surface area contributed by atoms with Crippen molar-refractivity contribution in [1.82, 2.24) is 0 Å². The first-order valence-corrected chi connectivity index (χ1v) is 4.25. The minimum Gasteiger partial charge on any atom is -0.481 e.